The molecule has 0 radical (unpaired) electrons. The Bertz CT molecular complexity index is 1030. The number of aromatic nitrogens is 4. The van der Waals surface area contributed by atoms with E-state index in [-0.39, 0.29) is 11.4 Å². The van der Waals surface area contributed by atoms with Gasteiger partial charge in [-0.15, -0.1) is 0 Å². The van der Waals surface area contributed by atoms with Crippen LogP contribution in [0.25, 0.3) is 22.5 Å². The lowest BCUT2D eigenvalue weighted by atomic mass is 10.0. The summed E-state index contributed by atoms with van der Waals surface area (Å²) < 4.78 is 22.1. The van der Waals surface area contributed by atoms with Gasteiger partial charge < -0.3 is 10.1 Å². The molecule has 1 aromatic carbocycles. The van der Waals surface area contributed by atoms with Crippen molar-refractivity contribution >= 4 is 5.95 Å². The van der Waals surface area contributed by atoms with Gasteiger partial charge in [-0.05, 0) is 36.6 Å². The maximum atomic E-state index is 13.4. The molecule has 28 heavy (non-hydrogen) atoms. The highest BCUT2D eigenvalue weighted by atomic mass is 19.1. The van der Waals surface area contributed by atoms with E-state index in [2.05, 4.69) is 15.3 Å². The summed E-state index contributed by atoms with van der Waals surface area (Å²) in [5.41, 5.74) is 2.57. The Labute approximate surface area is 161 Å². The van der Waals surface area contributed by atoms with E-state index >= 15 is 0 Å². The summed E-state index contributed by atoms with van der Waals surface area (Å²) in [5.74, 6) is 0.173. The zero-order valence-corrected chi connectivity index (χ0v) is 15.7. The van der Waals surface area contributed by atoms with Gasteiger partial charge in [0.05, 0.1) is 17.0 Å². The average molecular weight is 383 g/mol. The van der Waals surface area contributed by atoms with E-state index in [1.165, 1.54) is 12.1 Å². The lowest BCUT2D eigenvalue weighted by molar-refractivity contribution is 0.197. The van der Waals surface area contributed by atoms with Crippen LogP contribution in [0.5, 0.6) is 0 Å². The van der Waals surface area contributed by atoms with Gasteiger partial charge in [0.2, 0.25) is 5.95 Å². The maximum absolute atomic E-state index is 13.4. The number of methoxy groups -OCH3 is 1. The van der Waals surface area contributed by atoms with Crippen molar-refractivity contribution < 1.29 is 9.13 Å². The van der Waals surface area contributed by atoms with Crippen LogP contribution in [-0.2, 0) is 17.8 Å². The van der Waals surface area contributed by atoms with Crippen LogP contribution in [0.2, 0.25) is 0 Å². The van der Waals surface area contributed by atoms with Crippen LogP contribution in [0.15, 0.2) is 41.3 Å². The maximum Gasteiger partial charge on any atom is 0.275 e. The first-order chi connectivity index (χ1) is 13.7. The van der Waals surface area contributed by atoms with E-state index in [1.807, 2.05) is 4.68 Å². The molecule has 0 saturated carbocycles. The molecule has 3 heterocycles. The molecule has 1 aliphatic rings. The molecule has 0 spiro atoms. The molecular formula is C20H22FN5O2. The lowest BCUT2D eigenvalue weighted by Gasteiger charge is -2.10. The summed E-state index contributed by atoms with van der Waals surface area (Å²) in [6, 6.07) is 7.81. The number of halogens is 1. The Hall–Kier alpha value is -3.00. The Kier molecular flexibility index (Phi) is 5.21. The van der Waals surface area contributed by atoms with Crippen molar-refractivity contribution in [2.45, 2.75) is 25.9 Å². The van der Waals surface area contributed by atoms with Crippen LogP contribution in [0.3, 0.4) is 0 Å². The molecule has 0 fully saturated rings. The van der Waals surface area contributed by atoms with Crippen LogP contribution in [-0.4, -0.2) is 39.6 Å². The molecule has 0 atom stereocenters. The van der Waals surface area contributed by atoms with Gasteiger partial charge in [-0.25, -0.2) is 19.0 Å². The quantitative estimate of drug-likeness (QED) is 0.635. The van der Waals surface area contributed by atoms with Crippen LogP contribution >= 0.6 is 0 Å². The molecule has 0 saturated heterocycles. The Balaban J connectivity index is 1.76. The minimum atomic E-state index is -0.332. The van der Waals surface area contributed by atoms with Crippen LogP contribution in [0.4, 0.5) is 10.3 Å². The Morgan fingerprint density at radius 3 is 2.75 bits per heavy atom. The van der Waals surface area contributed by atoms with Gasteiger partial charge in [-0.3, -0.25) is 9.48 Å². The number of rotatable bonds is 7. The number of nitrogens with zero attached hydrogens (tertiary/aromatic N) is 4. The predicted molar refractivity (Wildman–Crippen MR) is 105 cm³/mol. The van der Waals surface area contributed by atoms with E-state index in [9.17, 15) is 9.18 Å². The molecule has 2 aromatic heterocycles. The minimum absolute atomic E-state index is 0.0766. The SMILES string of the molecule is COCCCNc1nccc(-c2c(-c3ccc(F)cc3)c(=O)n3n2CCC3)n1. The Morgan fingerprint density at radius 2 is 1.96 bits per heavy atom. The number of hydrogen-bond donors (Lipinski definition) is 1. The second-order valence-electron chi connectivity index (χ2n) is 6.67. The molecule has 1 N–H and O–H groups in total. The molecule has 3 aromatic rings. The smallest absolute Gasteiger partial charge is 0.275 e. The second kappa shape index (κ2) is 7.93. The fourth-order valence-electron chi connectivity index (χ4n) is 3.54. The van der Waals surface area contributed by atoms with Crippen molar-refractivity contribution in [3.05, 3.63) is 52.7 Å². The lowest BCUT2D eigenvalue weighted by Crippen LogP contribution is -2.17. The first-order valence-electron chi connectivity index (χ1n) is 9.35. The van der Waals surface area contributed by atoms with Crippen LogP contribution in [0.1, 0.15) is 12.8 Å². The van der Waals surface area contributed by atoms with Gasteiger partial charge in [-0.1, -0.05) is 12.1 Å². The molecule has 0 aliphatic carbocycles. The van der Waals surface area contributed by atoms with Crippen molar-refractivity contribution in [3.63, 3.8) is 0 Å². The number of benzene rings is 1. The zero-order chi connectivity index (χ0) is 19.5. The van der Waals surface area contributed by atoms with E-state index in [4.69, 9.17) is 4.74 Å². The topological polar surface area (TPSA) is 74.0 Å². The third kappa shape index (κ3) is 3.43. The van der Waals surface area contributed by atoms with E-state index in [1.54, 1.807) is 36.2 Å². The fraction of sp³-hybridized carbons (Fsp3) is 0.350. The molecule has 0 unspecified atom stereocenters. The molecule has 7 nitrogen and oxygen atoms in total. The summed E-state index contributed by atoms with van der Waals surface area (Å²) in [4.78, 5) is 21.9. The minimum Gasteiger partial charge on any atom is -0.385 e. The fourth-order valence-corrected chi connectivity index (χ4v) is 3.54. The van der Waals surface area contributed by atoms with Gasteiger partial charge in [-0.2, -0.15) is 0 Å². The van der Waals surface area contributed by atoms with Gasteiger partial charge in [0.1, 0.15) is 5.82 Å². The van der Waals surface area contributed by atoms with Crippen molar-refractivity contribution in [1.29, 1.82) is 0 Å². The highest BCUT2D eigenvalue weighted by molar-refractivity contribution is 5.79. The highest BCUT2D eigenvalue weighted by Gasteiger charge is 2.26. The van der Waals surface area contributed by atoms with E-state index in [0.29, 0.717) is 42.5 Å². The van der Waals surface area contributed by atoms with Crippen molar-refractivity contribution in [1.82, 2.24) is 19.3 Å². The van der Waals surface area contributed by atoms with Gasteiger partial charge in [0, 0.05) is 39.5 Å². The summed E-state index contributed by atoms with van der Waals surface area (Å²) >= 11 is 0. The molecule has 0 bridgehead atoms. The number of fused-ring (bicyclic) bond motifs is 1. The number of nitrogens with one attached hydrogen (secondary N) is 1. The van der Waals surface area contributed by atoms with Crippen molar-refractivity contribution in [2.24, 2.45) is 0 Å². The summed E-state index contributed by atoms with van der Waals surface area (Å²) in [5, 5.41) is 3.18. The number of hydrogen-bond acceptors (Lipinski definition) is 5. The zero-order valence-electron chi connectivity index (χ0n) is 15.7. The first kappa shape index (κ1) is 18.4. The molecular weight excluding hydrogens is 361 g/mol. The molecule has 4 rings (SSSR count). The predicted octanol–water partition coefficient (Wildman–Crippen LogP) is 2.77. The number of ether oxygens (including phenoxy) is 1. The third-order valence-corrected chi connectivity index (χ3v) is 4.81. The molecule has 8 heteroatoms. The van der Waals surface area contributed by atoms with Gasteiger partial charge in [0.15, 0.2) is 0 Å². The molecule has 0 amide bonds. The first-order valence-corrected chi connectivity index (χ1v) is 9.35. The Morgan fingerprint density at radius 1 is 1.18 bits per heavy atom. The van der Waals surface area contributed by atoms with Crippen LogP contribution < -0.4 is 10.9 Å². The van der Waals surface area contributed by atoms with Crippen LogP contribution in [0, 0.1) is 5.82 Å². The molecule has 1 aliphatic heterocycles. The standard InChI is InChI=1S/C20H22FN5O2/c1-28-13-2-9-22-20-23-10-8-16(24-20)18-17(14-4-6-15(21)7-5-14)19(27)26-12-3-11-25(18)26/h4-8,10H,2-3,9,11-13H2,1H3,(H,22,23,24). The second-order valence-corrected chi connectivity index (χ2v) is 6.67. The van der Waals surface area contributed by atoms with Crippen molar-refractivity contribution in [2.75, 3.05) is 25.6 Å². The van der Waals surface area contributed by atoms with E-state index < -0.39 is 0 Å². The average Bonchev–Trinajstić information content (AvgIpc) is 3.28. The largest absolute Gasteiger partial charge is 0.385 e. The normalized spacial score (nSPS) is 12.9. The number of anilines is 1. The van der Waals surface area contributed by atoms with Crippen molar-refractivity contribution in [3.8, 4) is 22.5 Å². The van der Waals surface area contributed by atoms with Gasteiger partial charge in [0.25, 0.3) is 5.56 Å². The third-order valence-electron chi connectivity index (χ3n) is 4.81. The summed E-state index contributed by atoms with van der Waals surface area (Å²) in [7, 11) is 1.67. The summed E-state index contributed by atoms with van der Waals surface area (Å²) in [6.45, 7) is 2.76. The van der Waals surface area contributed by atoms with E-state index in [0.717, 1.165) is 25.1 Å². The highest BCUT2D eigenvalue weighted by Crippen LogP contribution is 2.31. The monoisotopic (exact) mass is 383 g/mol. The summed E-state index contributed by atoms with van der Waals surface area (Å²) in [6.07, 6.45) is 3.42. The van der Waals surface area contributed by atoms with Gasteiger partial charge >= 0.3 is 0 Å². The molecule has 146 valence electrons.